The topological polar surface area (TPSA) is 36.8 Å². The first-order valence-corrected chi connectivity index (χ1v) is 5.81. The van der Waals surface area contributed by atoms with Crippen LogP contribution < -0.4 is 5.32 Å². The maximum absolute atomic E-state index is 8.72. The molecular formula is C14H18NO+. The van der Waals surface area contributed by atoms with Crippen molar-refractivity contribution < 1.29 is 10.4 Å². The number of hydrogen-bond donors (Lipinski definition) is 2. The molecule has 0 saturated heterocycles. The Hall–Kier alpha value is -1.38. The van der Waals surface area contributed by atoms with E-state index in [0.29, 0.717) is 0 Å². The molecule has 2 aromatic carbocycles. The van der Waals surface area contributed by atoms with Gasteiger partial charge in [0.15, 0.2) is 0 Å². The number of aliphatic hydroxyl groups is 1. The van der Waals surface area contributed by atoms with Gasteiger partial charge in [0, 0.05) is 18.6 Å². The number of benzene rings is 2. The lowest BCUT2D eigenvalue weighted by atomic mass is 10.0. The van der Waals surface area contributed by atoms with Crippen LogP contribution in [0.3, 0.4) is 0 Å². The number of fused-ring (bicyclic) bond motifs is 1. The van der Waals surface area contributed by atoms with Crippen LogP contribution in [0.15, 0.2) is 42.5 Å². The molecule has 2 aromatic rings. The van der Waals surface area contributed by atoms with Crippen LogP contribution >= 0.6 is 0 Å². The molecule has 0 saturated carbocycles. The van der Waals surface area contributed by atoms with E-state index in [4.69, 9.17) is 5.11 Å². The lowest BCUT2D eigenvalue weighted by Gasteiger charge is -2.05. The largest absolute Gasteiger partial charge is 0.396 e. The molecule has 2 heteroatoms. The quantitative estimate of drug-likeness (QED) is 0.726. The van der Waals surface area contributed by atoms with E-state index in [9.17, 15) is 0 Å². The lowest BCUT2D eigenvalue weighted by Crippen LogP contribution is -2.82. The average Bonchev–Trinajstić information content (AvgIpc) is 2.35. The summed E-state index contributed by atoms with van der Waals surface area (Å²) in [6.07, 6.45) is 0.866. The lowest BCUT2D eigenvalue weighted by molar-refractivity contribution is -0.670. The molecule has 0 fully saturated rings. The van der Waals surface area contributed by atoms with Gasteiger partial charge >= 0.3 is 0 Å². The zero-order valence-electron chi connectivity index (χ0n) is 9.39. The maximum atomic E-state index is 8.72. The molecule has 0 bridgehead atoms. The Morgan fingerprint density at radius 2 is 1.81 bits per heavy atom. The third kappa shape index (κ3) is 2.60. The van der Waals surface area contributed by atoms with E-state index < -0.39 is 0 Å². The van der Waals surface area contributed by atoms with Crippen LogP contribution in [0.2, 0.25) is 0 Å². The van der Waals surface area contributed by atoms with Gasteiger partial charge in [-0.2, -0.15) is 0 Å². The summed E-state index contributed by atoms with van der Waals surface area (Å²) in [5, 5.41) is 13.6. The average molecular weight is 216 g/mol. The molecule has 0 aliphatic rings. The van der Waals surface area contributed by atoms with Crippen molar-refractivity contribution in [1.82, 2.24) is 0 Å². The summed E-state index contributed by atoms with van der Waals surface area (Å²) in [4.78, 5) is 0. The molecule has 0 heterocycles. The fraction of sp³-hybridized carbons (Fsp3) is 0.286. The first-order chi connectivity index (χ1) is 7.92. The molecule has 0 atom stereocenters. The van der Waals surface area contributed by atoms with Crippen molar-refractivity contribution in [2.45, 2.75) is 13.0 Å². The monoisotopic (exact) mass is 216 g/mol. The number of rotatable bonds is 5. The Bertz CT molecular complexity index is 448. The summed E-state index contributed by atoms with van der Waals surface area (Å²) >= 11 is 0. The van der Waals surface area contributed by atoms with E-state index in [1.807, 2.05) is 0 Å². The fourth-order valence-corrected chi connectivity index (χ4v) is 1.96. The molecule has 16 heavy (non-hydrogen) atoms. The molecular weight excluding hydrogens is 198 g/mol. The van der Waals surface area contributed by atoms with E-state index in [-0.39, 0.29) is 6.61 Å². The Labute approximate surface area is 95.9 Å². The van der Waals surface area contributed by atoms with Crippen molar-refractivity contribution in [1.29, 1.82) is 0 Å². The molecule has 2 rings (SSSR count). The number of hydrogen-bond acceptors (Lipinski definition) is 1. The SMILES string of the molecule is OCCC[NH2+]Cc1cccc2ccccc12. The van der Waals surface area contributed by atoms with E-state index in [1.54, 1.807) is 0 Å². The summed E-state index contributed by atoms with van der Waals surface area (Å²) in [7, 11) is 0. The van der Waals surface area contributed by atoms with Gasteiger partial charge in [0.25, 0.3) is 0 Å². The maximum Gasteiger partial charge on any atom is 0.102 e. The van der Waals surface area contributed by atoms with Crippen molar-refractivity contribution in [3.8, 4) is 0 Å². The van der Waals surface area contributed by atoms with Gasteiger partial charge in [-0.1, -0.05) is 42.5 Å². The summed E-state index contributed by atoms with van der Waals surface area (Å²) in [6, 6.07) is 14.9. The van der Waals surface area contributed by atoms with E-state index in [0.717, 1.165) is 19.5 Å². The standard InChI is InChI=1S/C14H17NO/c16-10-4-9-15-11-13-7-3-6-12-5-1-2-8-14(12)13/h1-3,5-8,15-16H,4,9-11H2/p+1. The smallest absolute Gasteiger partial charge is 0.102 e. The Kier molecular flexibility index (Phi) is 3.91. The van der Waals surface area contributed by atoms with Crippen molar-refractivity contribution in [2.75, 3.05) is 13.2 Å². The molecule has 0 spiro atoms. The second-order valence-electron chi connectivity index (χ2n) is 4.00. The highest BCUT2D eigenvalue weighted by Gasteiger charge is 2.01. The van der Waals surface area contributed by atoms with Crippen LogP contribution in [0, 0.1) is 0 Å². The number of nitrogens with two attached hydrogens (primary N) is 1. The Balaban J connectivity index is 2.11. The third-order valence-corrected chi connectivity index (χ3v) is 2.81. The summed E-state index contributed by atoms with van der Waals surface area (Å²) in [5.74, 6) is 0. The van der Waals surface area contributed by atoms with Crippen LogP contribution in [0.1, 0.15) is 12.0 Å². The van der Waals surface area contributed by atoms with E-state index in [1.165, 1.54) is 16.3 Å². The van der Waals surface area contributed by atoms with E-state index >= 15 is 0 Å². The predicted molar refractivity (Wildman–Crippen MR) is 66.1 cm³/mol. The minimum Gasteiger partial charge on any atom is -0.396 e. The molecule has 0 unspecified atom stereocenters. The van der Waals surface area contributed by atoms with Gasteiger partial charge in [-0.05, 0) is 10.8 Å². The number of aliphatic hydroxyl groups excluding tert-OH is 1. The van der Waals surface area contributed by atoms with Crippen molar-refractivity contribution in [3.63, 3.8) is 0 Å². The second kappa shape index (κ2) is 5.64. The second-order valence-corrected chi connectivity index (χ2v) is 4.00. The minimum atomic E-state index is 0.284. The van der Waals surface area contributed by atoms with Crippen LogP contribution in [0.5, 0.6) is 0 Å². The van der Waals surface area contributed by atoms with Gasteiger partial charge in [0.05, 0.1) is 6.54 Å². The van der Waals surface area contributed by atoms with Gasteiger partial charge in [0.1, 0.15) is 6.54 Å². The highest BCUT2D eigenvalue weighted by molar-refractivity contribution is 5.85. The highest BCUT2D eigenvalue weighted by atomic mass is 16.3. The first-order valence-electron chi connectivity index (χ1n) is 5.81. The van der Waals surface area contributed by atoms with Crippen LogP contribution in [0.4, 0.5) is 0 Å². The fourth-order valence-electron chi connectivity index (χ4n) is 1.96. The molecule has 0 amide bonds. The summed E-state index contributed by atoms with van der Waals surface area (Å²) in [5.41, 5.74) is 1.37. The normalized spacial score (nSPS) is 10.8. The number of quaternary nitrogens is 1. The molecule has 84 valence electrons. The van der Waals surface area contributed by atoms with Crippen molar-refractivity contribution in [2.24, 2.45) is 0 Å². The van der Waals surface area contributed by atoms with Gasteiger partial charge < -0.3 is 10.4 Å². The van der Waals surface area contributed by atoms with E-state index in [2.05, 4.69) is 47.8 Å². The van der Waals surface area contributed by atoms with Gasteiger partial charge in [-0.3, -0.25) is 0 Å². The third-order valence-electron chi connectivity index (χ3n) is 2.81. The molecule has 0 radical (unpaired) electrons. The van der Waals surface area contributed by atoms with Crippen molar-refractivity contribution >= 4 is 10.8 Å². The zero-order valence-corrected chi connectivity index (χ0v) is 9.39. The molecule has 0 aliphatic carbocycles. The Morgan fingerprint density at radius 1 is 1.00 bits per heavy atom. The first kappa shape index (κ1) is 11.1. The van der Waals surface area contributed by atoms with Gasteiger partial charge in [-0.15, -0.1) is 0 Å². The molecule has 0 aromatic heterocycles. The zero-order chi connectivity index (χ0) is 11.2. The van der Waals surface area contributed by atoms with Gasteiger partial charge in [-0.25, -0.2) is 0 Å². The Morgan fingerprint density at radius 3 is 2.69 bits per heavy atom. The van der Waals surface area contributed by atoms with Crippen LogP contribution in [0.25, 0.3) is 10.8 Å². The molecule has 0 aliphatic heterocycles. The van der Waals surface area contributed by atoms with Crippen molar-refractivity contribution in [3.05, 3.63) is 48.0 Å². The summed E-state index contributed by atoms with van der Waals surface area (Å²) < 4.78 is 0. The minimum absolute atomic E-state index is 0.284. The van der Waals surface area contributed by atoms with Crippen LogP contribution in [-0.2, 0) is 6.54 Å². The highest BCUT2D eigenvalue weighted by Crippen LogP contribution is 2.17. The van der Waals surface area contributed by atoms with Gasteiger partial charge in [0.2, 0.25) is 0 Å². The summed E-state index contributed by atoms with van der Waals surface area (Å²) in [6.45, 7) is 2.26. The molecule has 2 nitrogen and oxygen atoms in total. The van der Waals surface area contributed by atoms with Crippen LogP contribution in [-0.4, -0.2) is 18.3 Å². The molecule has 3 N–H and O–H groups in total. The predicted octanol–water partition coefficient (Wildman–Crippen LogP) is 1.29.